The van der Waals surface area contributed by atoms with Crippen LogP contribution >= 0.6 is 11.5 Å². The van der Waals surface area contributed by atoms with Gasteiger partial charge < -0.3 is 25.4 Å². The van der Waals surface area contributed by atoms with E-state index in [2.05, 4.69) is 14.6 Å². The first-order valence-corrected chi connectivity index (χ1v) is 11.1. The fourth-order valence-electron chi connectivity index (χ4n) is 3.55. The van der Waals surface area contributed by atoms with Gasteiger partial charge in [0.2, 0.25) is 6.79 Å². The van der Waals surface area contributed by atoms with Crippen molar-refractivity contribution in [3.05, 3.63) is 34.3 Å². The van der Waals surface area contributed by atoms with E-state index < -0.39 is 0 Å². The molecule has 2 aromatic rings. The molecule has 2 aliphatic heterocycles. The van der Waals surface area contributed by atoms with Crippen LogP contribution in [0.4, 0.5) is 5.69 Å². The molecule has 2 amide bonds. The number of nitrogen functional groups attached to an aromatic ring is 1. The van der Waals surface area contributed by atoms with Crippen molar-refractivity contribution in [3.63, 3.8) is 0 Å². The Bertz CT molecular complexity index is 969. The number of piperazine rings is 1. The number of anilines is 1. The maximum absolute atomic E-state index is 13.0. The van der Waals surface area contributed by atoms with Crippen molar-refractivity contribution in [2.24, 2.45) is 5.92 Å². The highest BCUT2D eigenvalue weighted by Gasteiger charge is 2.28. The maximum atomic E-state index is 13.0. The predicted octanol–water partition coefficient (Wildman–Crippen LogP) is 1.80. The molecule has 4 rings (SSSR count). The standard InChI is InChI=1S/C21H27N5O4S/c1-13(2)10-23-20(27)18-17(22)19(31-24-18)21(28)26-7-5-25(6-8-26)11-14-3-4-15-16(9-14)30-12-29-15/h3-4,9,13H,5-8,10-12,22H2,1-2H3,(H,23,27). The number of carbonyl (C=O) groups is 2. The van der Waals surface area contributed by atoms with Crippen LogP contribution in [0.1, 0.15) is 39.6 Å². The predicted molar refractivity (Wildman–Crippen MR) is 117 cm³/mol. The zero-order chi connectivity index (χ0) is 22.0. The lowest BCUT2D eigenvalue weighted by Crippen LogP contribution is -2.48. The third-order valence-electron chi connectivity index (χ3n) is 5.31. The number of carbonyl (C=O) groups excluding carboxylic acids is 2. The lowest BCUT2D eigenvalue weighted by atomic mass is 10.1. The van der Waals surface area contributed by atoms with Crippen LogP contribution in [-0.2, 0) is 6.54 Å². The molecule has 0 bridgehead atoms. The van der Waals surface area contributed by atoms with Gasteiger partial charge in [-0.3, -0.25) is 14.5 Å². The van der Waals surface area contributed by atoms with Crippen LogP contribution in [0.15, 0.2) is 18.2 Å². The van der Waals surface area contributed by atoms with E-state index in [1.807, 2.05) is 32.0 Å². The highest BCUT2D eigenvalue weighted by Crippen LogP contribution is 2.33. The molecule has 0 unspecified atom stereocenters. The summed E-state index contributed by atoms with van der Waals surface area (Å²) in [5.74, 6) is 1.37. The largest absolute Gasteiger partial charge is 0.454 e. The topological polar surface area (TPSA) is 110 Å². The summed E-state index contributed by atoms with van der Waals surface area (Å²) in [7, 11) is 0. The van der Waals surface area contributed by atoms with Gasteiger partial charge in [0, 0.05) is 39.3 Å². The fourth-order valence-corrected chi connectivity index (χ4v) is 4.31. The van der Waals surface area contributed by atoms with E-state index in [-0.39, 0.29) is 30.0 Å². The number of hydrogen-bond acceptors (Lipinski definition) is 8. The van der Waals surface area contributed by atoms with Gasteiger partial charge in [0.1, 0.15) is 4.88 Å². The van der Waals surface area contributed by atoms with Crippen molar-refractivity contribution in [2.75, 3.05) is 45.3 Å². The van der Waals surface area contributed by atoms with Gasteiger partial charge in [-0.05, 0) is 35.1 Å². The van der Waals surface area contributed by atoms with Gasteiger partial charge in [-0.1, -0.05) is 19.9 Å². The Morgan fingerprint density at radius 2 is 1.94 bits per heavy atom. The minimum absolute atomic E-state index is 0.135. The van der Waals surface area contributed by atoms with Crippen LogP contribution in [-0.4, -0.2) is 65.5 Å². The molecule has 166 valence electrons. The van der Waals surface area contributed by atoms with Crippen LogP contribution < -0.4 is 20.5 Å². The van der Waals surface area contributed by atoms with E-state index in [0.29, 0.717) is 30.4 Å². The number of nitrogens with two attached hydrogens (primary N) is 1. The Hall–Kier alpha value is -2.85. The molecule has 9 nitrogen and oxygen atoms in total. The van der Waals surface area contributed by atoms with Crippen molar-refractivity contribution in [3.8, 4) is 11.5 Å². The van der Waals surface area contributed by atoms with Gasteiger partial charge in [0.05, 0.1) is 5.69 Å². The molecule has 0 atom stereocenters. The molecule has 3 N–H and O–H groups in total. The summed E-state index contributed by atoms with van der Waals surface area (Å²) in [5.41, 5.74) is 7.55. The van der Waals surface area contributed by atoms with Crippen molar-refractivity contribution >= 4 is 29.0 Å². The Balaban J connectivity index is 1.32. The summed E-state index contributed by atoms with van der Waals surface area (Å²) in [6.07, 6.45) is 0. The van der Waals surface area contributed by atoms with Crippen molar-refractivity contribution in [2.45, 2.75) is 20.4 Å². The zero-order valence-electron chi connectivity index (χ0n) is 17.7. The van der Waals surface area contributed by atoms with Crippen LogP contribution in [0.5, 0.6) is 11.5 Å². The second-order valence-corrected chi connectivity index (χ2v) is 8.91. The Morgan fingerprint density at radius 3 is 2.68 bits per heavy atom. The minimum atomic E-state index is -0.338. The third-order valence-corrected chi connectivity index (χ3v) is 6.16. The van der Waals surface area contributed by atoms with Gasteiger partial charge in [0.15, 0.2) is 17.2 Å². The average Bonchev–Trinajstić information content (AvgIpc) is 3.38. The molecule has 1 fully saturated rings. The molecule has 1 aromatic carbocycles. The average molecular weight is 446 g/mol. The summed E-state index contributed by atoms with van der Waals surface area (Å²) in [5, 5.41) is 2.79. The molecule has 0 radical (unpaired) electrons. The molecule has 31 heavy (non-hydrogen) atoms. The van der Waals surface area contributed by atoms with E-state index in [1.54, 1.807) is 4.90 Å². The second kappa shape index (κ2) is 9.11. The Morgan fingerprint density at radius 1 is 1.19 bits per heavy atom. The molecule has 3 heterocycles. The van der Waals surface area contributed by atoms with Crippen LogP contribution in [0.25, 0.3) is 0 Å². The molecule has 0 saturated carbocycles. The molecule has 1 aromatic heterocycles. The summed E-state index contributed by atoms with van der Waals surface area (Å²) in [6.45, 7) is 8.28. The number of benzene rings is 1. The second-order valence-electron chi connectivity index (χ2n) is 8.13. The molecule has 10 heteroatoms. The van der Waals surface area contributed by atoms with E-state index >= 15 is 0 Å². The monoisotopic (exact) mass is 445 g/mol. The first kappa shape index (κ1) is 21.4. The Labute approximate surface area is 185 Å². The van der Waals surface area contributed by atoms with E-state index in [1.165, 1.54) is 0 Å². The third kappa shape index (κ3) is 4.75. The van der Waals surface area contributed by atoms with Crippen LogP contribution in [0.2, 0.25) is 0 Å². The lowest BCUT2D eigenvalue weighted by molar-refractivity contribution is 0.0634. The molecule has 2 aliphatic rings. The molecule has 0 aliphatic carbocycles. The summed E-state index contributed by atoms with van der Waals surface area (Å²) >= 11 is 0.989. The van der Waals surface area contributed by atoms with Gasteiger partial charge >= 0.3 is 0 Å². The number of nitrogens with zero attached hydrogens (tertiary/aromatic N) is 3. The number of aromatic nitrogens is 1. The summed E-state index contributed by atoms with van der Waals surface area (Å²) in [6, 6.07) is 5.97. The van der Waals surface area contributed by atoms with Crippen LogP contribution in [0.3, 0.4) is 0 Å². The van der Waals surface area contributed by atoms with E-state index in [9.17, 15) is 9.59 Å². The number of amides is 2. The van der Waals surface area contributed by atoms with Gasteiger partial charge in [-0.2, -0.15) is 4.37 Å². The SMILES string of the molecule is CC(C)CNC(=O)c1nsc(C(=O)N2CCN(Cc3ccc4c(c3)OCO4)CC2)c1N. The number of nitrogens with one attached hydrogen (secondary N) is 1. The first-order chi connectivity index (χ1) is 14.9. The summed E-state index contributed by atoms with van der Waals surface area (Å²) < 4.78 is 14.9. The number of ether oxygens (including phenoxy) is 2. The molecule has 1 saturated heterocycles. The van der Waals surface area contributed by atoms with Gasteiger partial charge in [-0.15, -0.1) is 0 Å². The molecular weight excluding hydrogens is 418 g/mol. The van der Waals surface area contributed by atoms with Crippen molar-refractivity contribution in [1.29, 1.82) is 0 Å². The highest BCUT2D eigenvalue weighted by atomic mass is 32.1. The zero-order valence-corrected chi connectivity index (χ0v) is 18.5. The quantitative estimate of drug-likeness (QED) is 0.698. The maximum Gasteiger partial charge on any atom is 0.273 e. The van der Waals surface area contributed by atoms with Gasteiger partial charge in [0.25, 0.3) is 11.8 Å². The highest BCUT2D eigenvalue weighted by molar-refractivity contribution is 7.09. The van der Waals surface area contributed by atoms with Gasteiger partial charge in [-0.25, -0.2) is 0 Å². The van der Waals surface area contributed by atoms with Crippen molar-refractivity contribution in [1.82, 2.24) is 19.5 Å². The minimum Gasteiger partial charge on any atom is -0.454 e. The summed E-state index contributed by atoms with van der Waals surface area (Å²) in [4.78, 5) is 29.6. The lowest BCUT2D eigenvalue weighted by Gasteiger charge is -2.34. The number of fused-ring (bicyclic) bond motifs is 1. The van der Waals surface area contributed by atoms with Crippen LogP contribution in [0, 0.1) is 5.92 Å². The van der Waals surface area contributed by atoms with Crippen molar-refractivity contribution < 1.29 is 19.1 Å². The number of rotatable bonds is 6. The molecule has 0 spiro atoms. The molecular formula is C21H27N5O4S. The normalized spacial score (nSPS) is 16.0. The fraction of sp³-hybridized carbons (Fsp3) is 0.476. The Kier molecular flexibility index (Phi) is 6.28. The van der Waals surface area contributed by atoms with E-state index in [0.717, 1.165) is 48.2 Å². The number of hydrogen-bond donors (Lipinski definition) is 2. The first-order valence-electron chi connectivity index (χ1n) is 10.4. The smallest absolute Gasteiger partial charge is 0.273 e. The van der Waals surface area contributed by atoms with E-state index in [4.69, 9.17) is 15.2 Å².